The molecule has 17 heteroatoms. The van der Waals surface area contributed by atoms with Crippen molar-refractivity contribution in [2.24, 2.45) is 5.16 Å². The second-order valence-electron chi connectivity index (χ2n) is 8.96. The third kappa shape index (κ3) is 5.55. The fraction of sp³-hybridized carbons (Fsp3) is 0.409. The molecule has 2 atom stereocenters. The number of carbonyl (C=O) groups is 4. The molecule has 0 bridgehead atoms. The highest BCUT2D eigenvalue weighted by atomic mass is 32.2. The molecule has 0 aliphatic carbocycles. The molecular weight excluding hydrogens is 572 g/mol. The quantitative estimate of drug-likeness (QED) is 0.175. The second-order valence-corrected chi connectivity index (χ2v) is 12.0. The van der Waals surface area contributed by atoms with Gasteiger partial charge in [0, 0.05) is 18.1 Å². The number of thioether (sulfide) groups is 1. The molecule has 2 aliphatic heterocycles. The van der Waals surface area contributed by atoms with Crippen molar-refractivity contribution in [1.82, 2.24) is 15.2 Å². The maximum Gasteiger partial charge on any atom is 0.350 e. The van der Waals surface area contributed by atoms with Crippen LogP contribution in [-0.2, 0) is 30.4 Å². The largest absolute Gasteiger partial charge is 0.543 e. The SMILES string of the molecule is COc1sc(CC2=C(C(=O)[O-])N3C(=O)C(NC(=O)/C(=N/OC(C)(C)C(=O)O)c4csc(N)n4)[C@H]3SC2)[nH+]c1C. The lowest BCUT2D eigenvalue weighted by Crippen LogP contribution is -2.71. The Bertz CT molecular complexity index is 1410. The number of aromatic amines is 1. The van der Waals surface area contributed by atoms with Crippen LogP contribution in [0, 0.1) is 6.92 Å². The summed E-state index contributed by atoms with van der Waals surface area (Å²) < 4.78 is 5.28. The zero-order valence-corrected chi connectivity index (χ0v) is 23.5. The third-order valence-electron chi connectivity index (χ3n) is 5.80. The standard InChI is InChI=1S/C22H24N6O8S3/c1-8-19(35-4)39-11(24-8)5-9-6-37-17-13(16(30)28(17)14(9)18(31)32)26-15(29)12(10-7-38-21(23)25-10)27-36-22(2,3)20(33)34/h7,13,17H,5-6H2,1-4H3,(H2,23,25)(H,26,29)(H,31,32)(H,33,34)/b27-12+/t13?,17-/m1/s1. The van der Waals surface area contributed by atoms with Crippen LogP contribution in [0.2, 0.25) is 0 Å². The van der Waals surface area contributed by atoms with Crippen molar-refractivity contribution in [1.29, 1.82) is 0 Å². The van der Waals surface area contributed by atoms with E-state index in [9.17, 15) is 29.4 Å². The Morgan fingerprint density at radius 3 is 2.69 bits per heavy atom. The normalized spacial score (nSPS) is 19.3. The smallest absolute Gasteiger partial charge is 0.350 e. The first-order chi connectivity index (χ1) is 18.3. The average Bonchev–Trinajstić information content (AvgIpc) is 3.46. The van der Waals surface area contributed by atoms with Gasteiger partial charge in [0.25, 0.3) is 11.8 Å². The minimum Gasteiger partial charge on any atom is -0.543 e. The van der Waals surface area contributed by atoms with Gasteiger partial charge in [-0.2, -0.15) is 4.98 Å². The summed E-state index contributed by atoms with van der Waals surface area (Å²) in [4.78, 5) is 63.1. The summed E-state index contributed by atoms with van der Waals surface area (Å²) in [6, 6.07) is -1.08. The molecule has 4 heterocycles. The van der Waals surface area contributed by atoms with Crippen molar-refractivity contribution in [2.45, 2.75) is 44.2 Å². The number of nitrogens with two attached hydrogens (primary N) is 1. The predicted octanol–water partition coefficient (Wildman–Crippen LogP) is -0.852. The molecule has 0 aromatic carbocycles. The Balaban J connectivity index is 1.55. The molecule has 2 aliphatic rings. The van der Waals surface area contributed by atoms with Gasteiger partial charge < -0.3 is 35.6 Å². The van der Waals surface area contributed by atoms with Gasteiger partial charge in [0.2, 0.25) is 21.4 Å². The number of H-pyrrole nitrogens is 1. The van der Waals surface area contributed by atoms with Crippen LogP contribution in [0.4, 0.5) is 5.13 Å². The minimum atomic E-state index is -1.76. The van der Waals surface area contributed by atoms with Gasteiger partial charge >= 0.3 is 5.97 Å². The molecule has 0 spiro atoms. The first-order valence-corrected chi connectivity index (χ1v) is 14.0. The Morgan fingerprint density at radius 1 is 1.41 bits per heavy atom. The van der Waals surface area contributed by atoms with Crippen LogP contribution in [0.5, 0.6) is 5.06 Å². The number of hydrogen-bond acceptors (Lipinski definition) is 13. The summed E-state index contributed by atoms with van der Waals surface area (Å²) in [5.74, 6) is -4.07. The molecule has 2 amide bonds. The first-order valence-electron chi connectivity index (χ1n) is 11.3. The van der Waals surface area contributed by atoms with Crippen LogP contribution in [0.3, 0.4) is 0 Å². The molecule has 2 aromatic heterocycles. The Kier molecular flexibility index (Phi) is 7.85. The number of carboxylic acid groups (broad SMARTS) is 2. The molecule has 14 nitrogen and oxygen atoms in total. The van der Waals surface area contributed by atoms with Gasteiger partial charge in [-0.05, 0) is 30.8 Å². The van der Waals surface area contributed by atoms with Crippen molar-refractivity contribution in [3.63, 3.8) is 0 Å². The number of ether oxygens (including phenoxy) is 1. The highest BCUT2D eigenvalue weighted by Crippen LogP contribution is 2.41. The molecule has 208 valence electrons. The third-order valence-corrected chi connectivity index (χ3v) is 8.96. The molecule has 1 unspecified atom stereocenters. The lowest BCUT2D eigenvalue weighted by atomic mass is 10.0. The fourth-order valence-corrected chi connectivity index (χ4v) is 6.62. The summed E-state index contributed by atoms with van der Waals surface area (Å²) in [6.45, 7) is 4.31. The number of oxime groups is 1. The molecule has 39 heavy (non-hydrogen) atoms. The summed E-state index contributed by atoms with van der Waals surface area (Å²) in [6.07, 6.45) is 0.247. The number of carbonyl (C=O) groups excluding carboxylic acids is 3. The number of aryl methyl sites for hydroxylation is 1. The van der Waals surface area contributed by atoms with Crippen molar-refractivity contribution >= 4 is 69.0 Å². The number of fused-ring (bicyclic) bond motifs is 1. The monoisotopic (exact) mass is 596 g/mol. The van der Waals surface area contributed by atoms with Crippen molar-refractivity contribution in [2.75, 3.05) is 18.6 Å². The van der Waals surface area contributed by atoms with Gasteiger partial charge in [0.15, 0.2) is 10.8 Å². The lowest BCUT2D eigenvalue weighted by Gasteiger charge is -2.50. The van der Waals surface area contributed by atoms with Crippen LogP contribution in [-0.4, -0.2) is 74.3 Å². The number of nitrogens with zero attached hydrogens (tertiary/aromatic N) is 3. The number of methoxy groups -OCH3 is 1. The van der Waals surface area contributed by atoms with E-state index >= 15 is 0 Å². The lowest BCUT2D eigenvalue weighted by molar-refractivity contribution is -0.391. The van der Waals surface area contributed by atoms with E-state index in [2.05, 4.69) is 20.4 Å². The number of rotatable bonds is 10. The van der Waals surface area contributed by atoms with Gasteiger partial charge in [-0.25, -0.2) is 9.78 Å². The Labute approximate surface area is 233 Å². The number of hydrogen-bond donors (Lipinski definition) is 3. The van der Waals surface area contributed by atoms with Gasteiger partial charge in [0.1, 0.15) is 17.1 Å². The fourth-order valence-electron chi connectivity index (χ4n) is 3.76. The molecule has 4 rings (SSSR count). The van der Waals surface area contributed by atoms with Gasteiger partial charge in [-0.1, -0.05) is 5.16 Å². The highest BCUT2D eigenvalue weighted by Gasteiger charge is 2.53. The summed E-state index contributed by atoms with van der Waals surface area (Å²) in [5, 5.41) is 29.9. The molecular formula is C22H24N6O8S3. The van der Waals surface area contributed by atoms with E-state index in [1.807, 2.05) is 6.92 Å². The van der Waals surface area contributed by atoms with E-state index < -0.39 is 46.5 Å². The van der Waals surface area contributed by atoms with E-state index in [1.165, 1.54) is 49.4 Å². The summed E-state index contributed by atoms with van der Waals surface area (Å²) >= 11 is 3.64. The van der Waals surface area contributed by atoms with Gasteiger partial charge in [0.05, 0.1) is 25.2 Å². The van der Waals surface area contributed by atoms with Crippen LogP contribution in [0.15, 0.2) is 21.8 Å². The van der Waals surface area contributed by atoms with Gasteiger partial charge in [-0.3, -0.25) is 14.5 Å². The van der Waals surface area contributed by atoms with E-state index in [4.69, 9.17) is 15.3 Å². The summed E-state index contributed by atoms with van der Waals surface area (Å²) in [7, 11) is 1.54. The second kappa shape index (κ2) is 10.8. The Morgan fingerprint density at radius 2 is 2.13 bits per heavy atom. The maximum atomic E-state index is 13.2. The number of nitrogens with one attached hydrogen (secondary N) is 2. The van der Waals surface area contributed by atoms with E-state index in [0.717, 1.165) is 26.9 Å². The number of aromatic nitrogens is 2. The summed E-state index contributed by atoms with van der Waals surface area (Å²) in [5.41, 5.74) is 4.59. The number of nitrogen functional groups attached to an aromatic ring is 1. The van der Waals surface area contributed by atoms with Crippen molar-refractivity contribution in [3.8, 4) is 5.06 Å². The number of anilines is 1. The van der Waals surface area contributed by atoms with Crippen LogP contribution >= 0.6 is 34.4 Å². The zero-order valence-electron chi connectivity index (χ0n) is 21.1. The molecule has 2 aromatic rings. The Hall–Kier alpha value is -3.70. The van der Waals surface area contributed by atoms with E-state index in [0.29, 0.717) is 10.6 Å². The minimum absolute atomic E-state index is 0.0200. The molecule has 0 radical (unpaired) electrons. The highest BCUT2D eigenvalue weighted by molar-refractivity contribution is 8.00. The molecule has 0 saturated carbocycles. The van der Waals surface area contributed by atoms with Crippen LogP contribution < -0.4 is 25.9 Å². The van der Waals surface area contributed by atoms with Crippen LogP contribution in [0.1, 0.15) is 30.2 Å². The average molecular weight is 597 g/mol. The maximum absolute atomic E-state index is 13.2. The number of aliphatic carboxylic acids is 2. The van der Waals surface area contributed by atoms with Gasteiger partial charge in [-0.15, -0.1) is 23.1 Å². The molecule has 5 N–H and O–H groups in total. The number of carboxylic acids is 2. The topological polar surface area (TPSA) is 211 Å². The number of amides is 2. The van der Waals surface area contributed by atoms with Crippen molar-refractivity contribution in [3.05, 3.63) is 33.0 Å². The number of thiazole rings is 2. The number of β-lactam (4-membered cyclic amide) rings is 1. The van der Waals surface area contributed by atoms with E-state index in [-0.39, 0.29) is 28.7 Å². The molecule has 1 saturated heterocycles. The van der Waals surface area contributed by atoms with E-state index in [1.54, 1.807) is 0 Å². The van der Waals surface area contributed by atoms with Crippen LogP contribution in [0.25, 0.3) is 0 Å². The predicted molar refractivity (Wildman–Crippen MR) is 139 cm³/mol. The van der Waals surface area contributed by atoms with Crippen molar-refractivity contribution < 1.29 is 43.9 Å². The first kappa shape index (κ1) is 28.3. The zero-order chi connectivity index (χ0) is 28.6. The molecule has 1 fully saturated rings.